The van der Waals surface area contributed by atoms with E-state index in [1.807, 2.05) is 33.4 Å². The Morgan fingerprint density at radius 1 is 1.23 bits per heavy atom. The molecule has 9 heteroatoms. The maximum absolute atomic E-state index is 12.3. The predicted molar refractivity (Wildman–Crippen MR) is 103 cm³/mol. The normalized spacial score (nSPS) is 11.4. The molecule has 0 saturated heterocycles. The fourth-order valence-electron chi connectivity index (χ4n) is 2.91. The van der Waals surface area contributed by atoms with Gasteiger partial charge < -0.3 is 5.32 Å². The van der Waals surface area contributed by atoms with Crippen molar-refractivity contribution in [1.82, 2.24) is 24.5 Å². The lowest BCUT2D eigenvalue weighted by molar-refractivity contribution is -0.121. The van der Waals surface area contributed by atoms with Crippen molar-refractivity contribution in [2.45, 2.75) is 25.8 Å². The average molecular weight is 387 g/mol. The molecule has 0 aromatic carbocycles. The summed E-state index contributed by atoms with van der Waals surface area (Å²) in [5.41, 5.74) is 0.768. The topological polar surface area (TPSA) is 81.3 Å². The van der Waals surface area contributed by atoms with Gasteiger partial charge in [0, 0.05) is 24.8 Å². The molecule has 0 fully saturated rings. The third-order valence-corrected chi connectivity index (χ3v) is 6.01. The van der Waals surface area contributed by atoms with Crippen LogP contribution in [0.3, 0.4) is 0 Å². The number of carbonyl (C=O) groups is 1. The van der Waals surface area contributed by atoms with Crippen LogP contribution in [0.1, 0.15) is 23.5 Å². The number of amides is 1. The van der Waals surface area contributed by atoms with E-state index in [9.17, 15) is 9.59 Å². The Kier molecular flexibility index (Phi) is 4.56. The van der Waals surface area contributed by atoms with Crippen molar-refractivity contribution in [3.63, 3.8) is 0 Å². The van der Waals surface area contributed by atoms with Gasteiger partial charge in [0.2, 0.25) is 11.7 Å². The smallest absolute Gasteiger partial charge is 0.272 e. The van der Waals surface area contributed by atoms with Gasteiger partial charge >= 0.3 is 0 Å². The van der Waals surface area contributed by atoms with Crippen molar-refractivity contribution < 1.29 is 4.79 Å². The van der Waals surface area contributed by atoms with Crippen molar-refractivity contribution >= 4 is 44.6 Å². The molecule has 0 aliphatic carbocycles. The SMILES string of the molecule is Cn1c(=O)c2sccc2n2c(CCCC(=O)NCc3cccs3)nnc12. The number of nitrogens with one attached hydrogen (secondary N) is 1. The van der Waals surface area contributed by atoms with Crippen LogP contribution in [-0.4, -0.2) is 25.1 Å². The first-order chi connectivity index (χ1) is 12.6. The molecule has 0 bridgehead atoms. The summed E-state index contributed by atoms with van der Waals surface area (Å²) < 4.78 is 4.12. The maximum atomic E-state index is 12.3. The Morgan fingerprint density at radius 2 is 2.12 bits per heavy atom. The van der Waals surface area contributed by atoms with E-state index in [1.165, 1.54) is 15.9 Å². The lowest BCUT2D eigenvalue weighted by atomic mass is 10.2. The third kappa shape index (κ3) is 3.04. The predicted octanol–water partition coefficient (Wildman–Crippen LogP) is 2.34. The summed E-state index contributed by atoms with van der Waals surface area (Å²) >= 11 is 3.05. The summed E-state index contributed by atoms with van der Waals surface area (Å²) in [5.74, 6) is 1.32. The maximum Gasteiger partial charge on any atom is 0.272 e. The molecule has 134 valence electrons. The molecule has 0 unspecified atom stereocenters. The van der Waals surface area contributed by atoms with Gasteiger partial charge in [-0.1, -0.05) is 6.07 Å². The van der Waals surface area contributed by atoms with Crippen LogP contribution in [0, 0.1) is 0 Å². The van der Waals surface area contributed by atoms with Crippen molar-refractivity contribution in [3.8, 4) is 0 Å². The van der Waals surface area contributed by atoms with Crippen LogP contribution in [0.4, 0.5) is 0 Å². The molecule has 0 aliphatic heterocycles. The average Bonchev–Trinajstić information content (AvgIpc) is 3.37. The number of thiophene rings is 2. The zero-order chi connectivity index (χ0) is 18.1. The summed E-state index contributed by atoms with van der Waals surface area (Å²) in [6.45, 7) is 0.571. The van der Waals surface area contributed by atoms with Crippen LogP contribution < -0.4 is 10.9 Å². The van der Waals surface area contributed by atoms with Gasteiger partial charge in [-0.05, 0) is 29.3 Å². The van der Waals surface area contributed by atoms with Gasteiger partial charge in [0.15, 0.2) is 0 Å². The zero-order valence-corrected chi connectivity index (χ0v) is 15.8. The van der Waals surface area contributed by atoms with E-state index in [-0.39, 0.29) is 11.5 Å². The van der Waals surface area contributed by atoms with Crippen LogP contribution in [0.2, 0.25) is 0 Å². The van der Waals surface area contributed by atoms with Gasteiger partial charge in [0.25, 0.3) is 5.56 Å². The Hall–Kier alpha value is -2.52. The van der Waals surface area contributed by atoms with E-state index in [4.69, 9.17) is 0 Å². The van der Waals surface area contributed by atoms with Gasteiger partial charge in [-0.2, -0.15) is 0 Å². The number of nitrogens with zero attached hydrogens (tertiary/aromatic N) is 4. The Labute approximate surface area is 156 Å². The molecule has 1 N–H and O–H groups in total. The molecule has 26 heavy (non-hydrogen) atoms. The van der Waals surface area contributed by atoms with E-state index >= 15 is 0 Å². The van der Waals surface area contributed by atoms with Crippen LogP contribution in [0.5, 0.6) is 0 Å². The van der Waals surface area contributed by atoms with Crippen molar-refractivity contribution in [1.29, 1.82) is 0 Å². The minimum atomic E-state index is -0.0607. The van der Waals surface area contributed by atoms with Gasteiger partial charge in [-0.25, -0.2) is 0 Å². The van der Waals surface area contributed by atoms with Gasteiger partial charge in [-0.3, -0.25) is 18.6 Å². The minimum Gasteiger partial charge on any atom is -0.351 e. The highest BCUT2D eigenvalue weighted by molar-refractivity contribution is 7.17. The number of carbonyl (C=O) groups excluding carboxylic acids is 1. The molecule has 7 nitrogen and oxygen atoms in total. The molecule has 1 amide bonds. The third-order valence-electron chi connectivity index (χ3n) is 4.24. The van der Waals surface area contributed by atoms with Gasteiger partial charge in [-0.15, -0.1) is 32.9 Å². The molecule has 4 heterocycles. The van der Waals surface area contributed by atoms with Gasteiger partial charge in [0.1, 0.15) is 10.5 Å². The lowest BCUT2D eigenvalue weighted by Gasteiger charge is -2.05. The Bertz CT molecular complexity index is 1120. The van der Waals surface area contributed by atoms with Crippen LogP contribution in [-0.2, 0) is 24.8 Å². The van der Waals surface area contributed by atoms with Crippen LogP contribution in [0.25, 0.3) is 16.0 Å². The van der Waals surface area contributed by atoms with E-state index in [0.29, 0.717) is 36.3 Å². The molecule has 0 radical (unpaired) electrons. The molecule has 4 aromatic rings. The first kappa shape index (κ1) is 16.9. The molecular formula is C17H17N5O2S2. The number of hydrogen-bond acceptors (Lipinski definition) is 6. The molecule has 0 atom stereocenters. The second-order valence-electron chi connectivity index (χ2n) is 5.96. The summed E-state index contributed by atoms with van der Waals surface area (Å²) in [5, 5.41) is 15.2. The molecular weight excluding hydrogens is 370 g/mol. The molecule has 4 aromatic heterocycles. The van der Waals surface area contributed by atoms with E-state index < -0.39 is 0 Å². The van der Waals surface area contributed by atoms with Crippen molar-refractivity contribution in [2.75, 3.05) is 0 Å². The highest BCUT2D eigenvalue weighted by atomic mass is 32.1. The summed E-state index contributed by atoms with van der Waals surface area (Å²) in [7, 11) is 1.70. The Balaban J connectivity index is 1.46. The molecule has 0 aliphatic rings. The highest BCUT2D eigenvalue weighted by Gasteiger charge is 2.15. The summed E-state index contributed by atoms with van der Waals surface area (Å²) in [6, 6.07) is 5.89. The minimum absolute atomic E-state index is 0.0281. The van der Waals surface area contributed by atoms with Crippen LogP contribution in [0.15, 0.2) is 33.8 Å². The fourth-order valence-corrected chi connectivity index (χ4v) is 4.40. The Morgan fingerprint density at radius 3 is 2.92 bits per heavy atom. The number of aromatic nitrogens is 4. The number of rotatable bonds is 6. The van der Waals surface area contributed by atoms with Gasteiger partial charge in [0.05, 0.1) is 12.1 Å². The molecule has 0 spiro atoms. The molecule has 0 saturated carbocycles. The summed E-state index contributed by atoms with van der Waals surface area (Å²) in [4.78, 5) is 25.5. The first-order valence-electron chi connectivity index (χ1n) is 8.24. The number of fused-ring (bicyclic) bond motifs is 3. The van der Waals surface area contributed by atoms with E-state index in [2.05, 4.69) is 15.5 Å². The second kappa shape index (κ2) is 7.00. The number of hydrogen-bond donors (Lipinski definition) is 1. The first-order valence-corrected chi connectivity index (χ1v) is 10.0. The van der Waals surface area contributed by atoms with E-state index in [0.717, 1.165) is 16.2 Å². The summed E-state index contributed by atoms with van der Waals surface area (Å²) in [6.07, 6.45) is 1.72. The quantitative estimate of drug-likeness (QED) is 0.551. The fraction of sp³-hybridized carbons (Fsp3) is 0.294. The van der Waals surface area contributed by atoms with Crippen LogP contribution >= 0.6 is 22.7 Å². The standard InChI is InChI=1S/C17H17N5O2S2/c1-21-16(24)15-12(7-9-26-15)22-13(19-20-17(21)22)5-2-6-14(23)18-10-11-4-3-8-25-11/h3-4,7-9H,2,5-6,10H2,1H3,(H,18,23). The van der Waals surface area contributed by atoms with E-state index in [1.54, 1.807) is 18.4 Å². The largest absolute Gasteiger partial charge is 0.351 e. The zero-order valence-electron chi connectivity index (χ0n) is 14.1. The van der Waals surface area contributed by atoms with Crippen molar-refractivity contribution in [3.05, 3.63) is 50.0 Å². The monoisotopic (exact) mass is 387 g/mol. The highest BCUT2D eigenvalue weighted by Crippen LogP contribution is 2.19. The molecule has 4 rings (SSSR count). The lowest BCUT2D eigenvalue weighted by Crippen LogP contribution is -2.22. The second-order valence-corrected chi connectivity index (χ2v) is 7.91. The van der Waals surface area contributed by atoms with Crippen molar-refractivity contribution in [2.24, 2.45) is 7.05 Å². The number of aryl methyl sites for hydroxylation is 2.